The SMILES string of the molecule is O=C(c1ccc(F)cc1)N1N=C(c2ccc(Br)cc2)CC1(O)C(F)(F)F. The summed E-state index contributed by atoms with van der Waals surface area (Å²) in [6.45, 7) is 0. The summed E-state index contributed by atoms with van der Waals surface area (Å²) in [6.07, 6.45) is -6.05. The van der Waals surface area contributed by atoms with Gasteiger partial charge in [0.15, 0.2) is 0 Å². The van der Waals surface area contributed by atoms with Gasteiger partial charge in [-0.1, -0.05) is 28.1 Å². The molecule has 1 amide bonds. The highest BCUT2D eigenvalue weighted by molar-refractivity contribution is 9.10. The van der Waals surface area contributed by atoms with E-state index in [9.17, 15) is 27.5 Å². The van der Waals surface area contributed by atoms with Crippen LogP contribution in [-0.2, 0) is 0 Å². The van der Waals surface area contributed by atoms with Crippen LogP contribution in [0.3, 0.4) is 0 Å². The van der Waals surface area contributed by atoms with Gasteiger partial charge in [-0.2, -0.15) is 23.3 Å². The fraction of sp³-hybridized carbons (Fsp3) is 0.176. The second-order valence-corrected chi connectivity index (χ2v) is 6.58. The number of benzene rings is 2. The standard InChI is InChI=1S/C17H11BrF4N2O2/c18-12-5-1-10(2-6-12)14-9-16(26,17(20,21)22)24(23-14)15(25)11-3-7-13(19)8-4-11/h1-8,26H,9H2. The van der Waals surface area contributed by atoms with Crippen molar-refractivity contribution < 1.29 is 27.5 Å². The normalized spacial score (nSPS) is 20.2. The molecule has 0 aromatic heterocycles. The van der Waals surface area contributed by atoms with E-state index in [4.69, 9.17) is 0 Å². The van der Waals surface area contributed by atoms with E-state index in [1.165, 1.54) is 12.1 Å². The first-order chi connectivity index (χ1) is 12.1. The summed E-state index contributed by atoms with van der Waals surface area (Å²) in [6, 6.07) is 10.2. The Balaban J connectivity index is 2.03. The molecule has 1 atom stereocenters. The molecule has 1 heterocycles. The van der Waals surface area contributed by atoms with Crippen molar-refractivity contribution in [3.8, 4) is 0 Å². The lowest BCUT2D eigenvalue weighted by atomic mass is 10.0. The van der Waals surface area contributed by atoms with Crippen molar-refractivity contribution in [2.24, 2.45) is 5.10 Å². The number of aliphatic hydroxyl groups is 1. The maximum atomic E-state index is 13.5. The fourth-order valence-electron chi connectivity index (χ4n) is 2.50. The van der Waals surface area contributed by atoms with Crippen LogP contribution in [-0.4, -0.2) is 33.6 Å². The summed E-state index contributed by atoms with van der Waals surface area (Å²) in [7, 11) is 0. The van der Waals surface area contributed by atoms with Crippen molar-refractivity contribution in [1.29, 1.82) is 0 Å². The van der Waals surface area contributed by atoms with Crippen LogP contribution in [0.2, 0.25) is 0 Å². The molecule has 0 aliphatic carbocycles. The highest BCUT2D eigenvalue weighted by Gasteiger charge is 2.63. The third kappa shape index (κ3) is 3.24. The van der Waals surface area contributed by atoms with E-state index < -0.39 is 30.0 Å². The second-order valence-electron chi connectivity index (χ2n) is 5.67. The van der Waals surface area contributed by atoms with Gasteiger partial charge < -0.3 is 5.11 Å². The van der Waals surface area contributed by atoms with Crippen molar-refractivity contribution in [2.45, 2.75) is 18.3 Å². The summed E-state index contributed by atoms with van der Waals surface area (Å²) in [5.74, 6) is -1.83. The number of carbonyl (C=O) groups is 1. The zero-order valence-electron chi connectivity index (χ0n) is 13.0. The fourth-order valence-corrected chi connectivity index (χ4v) is 2.76. The molecule has 4 nitrogen and oxygen atoms in total. The van der Waals surface area contributed by atoms with Crippen molar-refractivity contribution in [1.82, 2.24) is 5.01 Å². The lowest BCUT2D eigenvalue weighted by Gasteiger charge is -2.32. The van der Waals surface area contributed by atoms with Crippen LogP contribution in [0.25, 0.3) is 0 Å². The minimum Gasteiger partial charge on any atom is -0.362 e. The maximum absolute atomic E-state index is 13.5. The molecule has 1 N–H and O–H groups in total. The molecule has 0 saturated carbocycles. The van der Waals surface area contributed by atoms with Crippen LogP contribution in [0, 0.1) is 5.82 Å². The minimum absolute atomic E-state index is 0.0115. The first-order valence-electron chi connectivity index (χ1n) is 7.34. The summed E-state index contributed by atoms with van der Waals surface area (Å²) in [5.41, 5.74) is -3.46. The van der Waals surface area contributed by atoms with E-state index in [0.29, 0.717) is 10.0 Å². The summed E-state index contributed by atoms with van der Waals surface area (Å²) >= 11 is 3.22. The Hall–Kier alpha value is -2.26. The average molecular weight is 431 g/mol. The molecular weight excluding hydrogens is 420 g/mol. The van der Waals surface area contributed by atoms with Gasteiger partial charge in [0.1, 0.15) is 5.82 Å². The molecule has 136 valence electrons. The lowest BCUT2D eigenvalue weighted by molar-refractivity contribution is -0.297. The van der Waals surface area contributed by atoms with Crippen LogP contribution in [0.15, 0.2) is 58.1 Å². The number of rotatable bonds is 2. The number of alkyl halides is 3. The Morgan fingerprint density at radius 2 is 1.69 bits per heavy atom. The molecule has 2 aromatic rings. The van der Waals surface area contributed by atoms with Crippen molar-refractivity contribution in [3.05, 3.63) is 69.9 Å². The van der Waals surface area contributed by atoms with E-state index in [1.54, 1.807) is 12.1 Å². The summed E-state index contributed by atoms with van der Waals surface area (Å²) in [4.78, 5) is 12.5. The van der Waals surface area contributed by atoms with Crippen molar-refractivity contribution in [2.75, 3.05) is 0 Å². The quantitative estimate of drug-likeness (QED) is 0.729. The van der Waals surface area contributed by atoms with Gasteiger partial charge in [0.05, 0.1) is 12.1 Å². The number of hydrazone groups is 1. The first kappa shape index (κ1) is 18.5. The Kier molecular flexibility index (Phi) is 4.61. The zero-order chi connectivity index (χ0) is 19.1. The molecule has 1 aliphatic heterocycles. The van der Waals surface area contributed by atoms with Gasteiger partial charge in [0.2, 0.25) is 0 Å². The van der Waals surface area contributed by atoms with Gasteiger partial charge in [0.25, 0.3) is 11.6 Å². The van der Waals surface area contributed by atoms with E-state index in [2.05, 4.69) is 21.0 Å². The molecular formula is C17H11BrF4N2O2. The second kappa shape index (κ2) is 6.48. The third-order valence-corrected chi connectivity index (χ3v) is 4.43. The van der Waals surface area contributed by atoms with Crippen LogP contribution in [0.5, 0.6) is 0 Å². The molecule has 9 heteroatoms. The topological polar surface area (TPSA) is 52.9 Å². The molecule has 3 rings (SSSR count). The lowest BCUT2D eigenvalue weighted by Crippen LogP contribution is -2.56. The monoisotopic (exact) mass is 430 g/mol. The van der Waals surface area contributed by atoms with Crippen LogP contribution in [0.1, 0.15) is 22.3 Å². The van der Waals surface area contributed by atoms with Gasteiger partial charge in [-0.15, -0.1) is 0 Å². The number of carbonyl (C=O) groups excluding carboxylic acids is 1. The number of halogens is 5. The smallest absolute Gasteiger partial charge is 0.362 e. The van der Waals surface area contributed by atoms with Crippen LogP contribution in [0.4, 0.5) is 17.6 Å². The average Bonchev–Trinajstić information content (AvgIpc) is 2.94. The van der Waals surface area contributed by atoms with Gasteiger partial charge in [-0.3, -0.25) is 4.79 Å². The molecule has 0 spiro atoms. The van der Waals surface area contributed by atoms with Crippen LogP contribution >= 0.6 is 15.9 Å². The van der Waals surface area contributed by atoms with E-state index in [1.807, 2.05) is 0 Å². The molecule has 1 aliphatic rings. The first-order valence-corrected chi connectivity index (χ1v) is 8.14. The van der Waals surface area contributed by atoms with Gasteiger partial charge in [-0.25, -0.2) is 4.39 Å². The summed E-state index contributed by atoms with van der Waals surface area (Å²) < 4.78 is 54.2. The Bertz CT molecular complexity index is 866. The summed E-state index contributed by atoms with van der Waals surface area (Å²) in [5, 5.41) is 14.0. The predicted molar refractivity (Wildman–Crippen MR) is 88.9 cm³/mol. The molecule has 0 radical (unpaired) electrons. The van der Waals surface area contributed by atoms with Crippen LogP contribution < -0.4 is 0 Å². The number of nitrogens with zero attached hydrogens (tertiary/aromatic N) is 2. The van der Waals surface area contributed by atoms with E-state index in [-0.39, 0.29) is 16.3 Å². The Morgan fingerprint density at radius 1 is 1.12 bits per heavy atom. The van der Waals surface area contributed by atoms with Crippen molar-refractivity contribution in [3.63, 3.8) is 0 Å². The highest BCUT2D eigenvalue weighted by Crippen LogP contribution is 2.42. The van der Waals surface area contributed by atoms with E-state index in [0.717, 1.165) is 24.3 Å². The van der Waals surface area contributed by atoms with Crippen molar-refractivity contribution >= 4 is 27.5 Å². The third-order valence-electron chi connectivity index (χ3n) is 3.90. The molecule has 0 saturated heterocycles. The van der Waals surface area contributed by atoms with Gasteiger partial charge in [0, 0.05) is 10.0 Å². The molecule has 0 bridgehead atoms. The number of hydrogen-bond donors (Lipinski definition) is 1. The Morgan fingerprint density at radius 3 is 2.23 bits per heavy atom. The predicted octanol–water partition coefficient (Wildman–Crippen LogP) is 4.09. The van der Waals surface area contributed by atoms with Gasteiger partial charge in [-0.05, 0) is 42.0 Å². The number of amides is 1. The van der Waals surface area contributed by atoms with Gasteiger partial charge >= 0.3 is 6.18 Å². The number of hydrogen-bond acceptors (Lipinski definition) is 3. The molecule has 1 unspecified atom stereocenters. The molecule has 2 aromatic carbocycles. The zero-order valence-corrected chi connectivity index (χ0v) is 14.6. The molecule has 0 fully saturated rings. The van der Waals surface area contributed by atoms with E-state index >= 15 is 0 Å². The maximum Gasteiger partial charge on any atom is 0.438 e. The largest absolute Gasteiger partial charge is 0.438 e. The Labute approximate surface area is 153 Å². The minimum atomic E-state index is -5.14. The molecule has 26 heavy (non-hydrogen) atoms. The highest BCUT2D eigenvalue weighted by atomic mass is 79.9.